The van der Waals surface area contributed by atoms with E-state index in [2.05, 4.69) is 5.32 Å². The highest BCUT2D eigenvalue weighted by Crippen LogP contribution is 2.30. The molecular weight excluding hydrogens is 431 g/mol. The number of halogens is 4. The van der Waals surface area contributed by atoms with Crippen LogP contribution in [0.3, 0.4) is 0 Å². The molecule has 156 valence electrons. The van der Waals surface area contributed by atoms with Gasteiger partial charge in [0.25, 0.3) is 0 Å². The Morgan fingerprint density at radius 3 is 2.00 bits per heavy atom. The van der Waals surface area contributed by atoms with Crippen LogP contribution >= 0.6 is 11.6 Å². The van der Waals surface area contributed by atoms with Gasteiger partial charge in [-0.2, -0.15) is 17.5 Å². The predicted molar refractivity (Wildman–Crippen MR) is 102 cm³/mol. The highest BCUT2D eigenvalue weighted by atomic mass is 35.5. The molecule has 1 fully saturated rings. The van der Waals surface area contributed by atoms with E-state index in [0.29, 0.717) is 10.7 Å². The first kappa shape index (κ1) is 21.4. The van der Waals surface area contributed by atoms with Crippen LogP contribution in [0, 0.1) is 0 Å². The summed E-state index contributed by atoms with van der Waals surface area (Å²) in [6, 6.07) is 9.54. The lowest BCUT2D eigenvalue weighted by molar-refractivity contribution is -0.137. The summed E-state index contributed by atoms with van der Waals surface area (Å²) < 4.78 is 64.4. The Bertz CT molecular complexity index is 972. The number of carbonyl (C=O) groups is 1. The molecule has 2 aromatic rings. The summed E-state index contributed by atoms with van der Waals surface area (Å²) in [6.07, 6.45) is -4.54. The van der Waals surface area contributed by atoms with E-state index in [1.807, 2.05) is 0 Å². The highest BCUT2D eigenvalue weighted by Gasteiger charge is 2.33. The normalized spacial score (nSPS) is 15.9. The Labute approximate surface area is 170 Å². The Morgan fingerprint density at radius 2 is 1.48 bits per heavy atom. The number of hydrogen-bond acceptors (Lipinski definition) is 3. The maximum atomic E-state index is 12.7. The molecule has 1 N–H and O–H groups in total. The van der Waals surface area contributed by atoms with Crippen molar-refractivity contribution in [1.82, 2.24) is 9.21 Å². The molecule has 0 atom stereocenters. The largest absolute Gasteiger partial charge is 0.416 e. The summed E-state index contributed by atoms with van der Waals surface area (Å²) in [6.45, 7) is 0.382. The zero-order valence-corrected chi connectivity index (χ0v) is 16.6. The van der Waals surface area contributed by atoms with Gasteiger partial charge in [-0.15, -0.1) is 0 Å². The topological polar surface area (TPSA) is 69.7 Å². The van der Waals surface area contributed by atoms with Crippen LogP contribution in [0.4, 0.5) is 23.7 Å². The minimum Gasteiger partial charge on any atom is -0.322 e. The van der Waals surface area contributed by atoms with Crippen molar-refractivity contribution in [1.29, 1.82) is 0 Å². The average Bonchev–Trinajstić information content (AvgIpc) is 2.69. The second-order valence-electron chi connectivity index (χ2n) is 6.35. The van der Waals surface area contributed by atoms with Gasteiger partial charge in [0.1, 0.15) is 0 Å². The number of alkyl halides is 3. The highest BCUT2D eigenvalue weighted by molar-refractivity contribution is 7.89. The molecular formula is C18H17ClF3N3O3S. The fourth-order valence-corrected chi connectivity index (χ4v) is 4.38. The van der Waals surface area contributed by atoms with Gasteiger partial charge in [0.15, 0.2) is 0 Å². The van der Waals surface area contributed by atoms with Crippen molar-refractivity contribution in [3.05, 3.63) is 59.1 Å². The summed E-state index contributed by atoms with van der Waals surface area (Å²) in [4.78, 5) is 13.6. The Morgan fingerprint density at radius 1 is 0.931 bits per heavy atom. The van der Waals surface area contributed by atoms with Crippen molar-refractivity contribution in [2.24, 2.45) is 0 Å². The van der Waals surface area contributed by atoms with Gasteiger partial charge < -0.3 is 10.2 Å². The molecule has 0 aromatic heterocycles. The monoisotopic (exact) mass is 447 g/mol. The third-order valence-corrected chi connectivity index (χ3v) is 6.61. The van der Waals surface area contributed by atoms with Gasteiger partial charge in [-0.3, -0.25) is 0 Å². The molecule has 0 spiro atoms. The fraction of sp³-hybridized carbons (Fsp3) is 0.278. The molecule has 0 bridgehead atoms. The van der Waals surface area contributed by atoms with E-state index < -0.39 is 21.8 Å². The summed E-state index contributed by atoms with van der Waals surface area (Å²) in [5.41, 5.74) is -0.362. The third-order valence-electron chi connectivity index (χ3n) is 4.44. The van der Waals surface area contributed by atoms with E-state index >= 15 is 0 Å². The molecule has 3 rings (SSSR count). The quantitative estimate of drug-likeness (QED) is 0.776. The minimum absolute atomic E-state index is 0.0391. The van der Waals surface area contributed by atoms with E-state index in [1.54, 1.807) is 24.3 Å². The summed E-state index contributed by atoms with van der Waals surface area (Å²) in [5.74, 6) is 0. The first-order valence-corrected chi connectivity index (χ1v) is 10.4. The number of nitrogens with zero attached hydrogens (tertiary/aromatic N) is 2. The van der Waals surface area contributed by atoms with Crippen molar-refractivity contribution in [3.63, 3.8) is 0 Å². The van der Waals surface area contributed by atoms with Gasteiger partial charge in [0.2, 0.25) is 10.0 Å². The Kier molecular flexibility index (Phi) is 6.06. The number of sulfonamides is 1. The number of carbonyl (C=O) groups excluding carboxylic acids is 1. The van der Waals surface area contributed by atoms with Crippen molar-refractivity contribution < 1.29 is 26.4 Å². The van der Waals surface area contributed by atoms with E-state index in [1.165, 1.54) is 4.90 Å². The number of piperazine rings is 1. The van der Waals surface area contributed by atoms with Gasteiger partial charge in [-0.05, 0) is 48.5 Å². The maximum absolute atomic E-state index is 12.7. The molecule has 1 heterocycles. The second-order valence-corrected chi connectivity index (χ2v) is 8.72. The van der Waals surface area contributed by atoms with Crippen molar-refractivity contribution in [3.8, 4) is 0 Å². The SMILES string of the molecule is O=C(Nc1ccc(Cl)cc1)N1CCN(S(=O)(=O)c2ccc(C(F)(F)F)cc2)CC1. The van der Waals surface area contributed by atoms with E-state index in [4.69, 9.17) is 11.6 Å². The molecule has 11 heteroatoms. The molecule has 0 unspecified atom stereocenters. The molecule has 29 heavy (non-hydrogen) atoms. The first-order chi connectivity index (χ1) is 13.6. The van der Waals surface area contributed by atoms with E-state index in [-0.39, 0.29) is 37.1 Å². The number of benzene rings is 2. The zero-order valence-electron chi connectivity index (χ0n) is 15.0. The number of nitrogens with one attached hydrogen (secondary N) is 1. The summed E-state index contributed by atoms with van der Waals surface area (Å²) >= 11 is 5.80. The first-order valence-electron chi connectivity index (χ1n) is 8.56. The molecule has 2 amide bonds. The molecule has 0 radical (unpaired) electrons. The van der Waals surface area contributed by atoms with Crippen LogP contribution < -0.4 is 5.32 Å². The predicted octanol–water partition coefficient (Wildman–Crippen LogP) is 3.90. The van der Waals surface area contributed by atoms with Crippen molar-refractivity contribution in [2.75, 3.05) is 31.5 Å². The van der Waals surface area contributed by atoms with Crippen LogP contribution in [0.25, 0.3) is 0 Å². The van der Waals surface area contributed by atoms with E-state index in [0.717, 1.165) is 28.6 Å². The summed E-state index contributed by atoms with van der Waals surface area (Å²) in [5, 5.41) is 3.23. The Hall–Kier alpha value is -2.30. The lowest BCUT2D eigenvalue weighted by Crippen LogP contribution is -2.51. The zero-order chi connectivity index (χ0) is 21.2. The fourth-order valence-electron chi connectivity index (χ4n) is 2.83. The number of rotatable bonds is 3. The van der Waals surface area contributed by atoms with Crippen LogP contribution in [0.5, 0.6) is 0 Å². The van der Waals surface area contributed by atoms with Gasteiger partial charge in [0.05, 0.1) is 10.5 Å². The van der Waals surface area contributed by atoms with Crippen LogP contribution in [0.1, 0.15) is 5.56 Å². The van der Waals surface area contributed by atoms with Gasteiger partial charge in [0, 0.05) is 36.9 Å². The smallest absolute Gasteiger partial charge is 0.322 e. The Balaban J connectivity index is 1.61. The molecule has 1 aliphatic rings. The minimum atomic E-state index is -4.54. The molecule has 1 aliphatic heterocycles. The number of urea groups is 1. The summed E-state index contributed by atoms with van der Waals surface area (Å²) in [7, 11) is -3.94. The molecule has 0 aliphatic carbocycles. The molecule has 2 aromatic carbocycles. The van der Waals surface area contributed by atoms with Gasteiger partial charge >= 0.3 is 12.2 Å². The lowest BCUT2D eigenvalue weighted by atomic mass is 10.2. The number of anilines is 1. The maximum Gasteiger partial charge on any atom is 0.416 e. The van der Waals surface area contributed by atoms with Crippen LogP contribution in [0.15, 0.2) is 53.4 Å². The van der Waals surface area contributed by atoms with E-state index in [9.17, 15) is 26.4 Å². The van der Waals surface area contributed by atoms with Gasteiger partial charge in [-0.25, -0.2) is 13.2 Å². The number of amides is 2. The standard InChI is InChI=1S/C18H17ClF3N3O3S/c19-14-3-5-15(6-4-14)23-17(26)24-9-11-25(12-10-24)29(27,28)16-7-1-13(2-8-16)18(20,21)22/h1-8H,9-12H2,(H,23,26). The van der Waals surface area contributed by atoms with Crippen LogP contribution in [0.2, 0.25) is 5.02 Å². The third kappa shape index (κ3) is 5.01. The molecule has 1 saturated heterocycles. The second kappa shape index (κ2) is 8.21. The van der Waals surface area contributed by atoms with Gasteiger partial charge in [-0.1, -0.05) is 11.6 Å². The average molecular weight is 448 g/mol. The number of hydrogen-bond donors (Lipinski definition) is 1. The van der Waals surface area contributed by atoms with Crippen LogP contribution in [-0.4, -0.2) is 49.8 Å². The van der Waals surface area contributed by atoms with Crippen molar-refractivity contribution in [2.45, 2.75) is 11.1 Å². The molecule has 6 nitrogen and oxygen atoms in total. The van der Waals surface area contributed by atoms with Crippen LogP contribution in [-0.2, 0) is 16.2 Å². The lowest BCUT2D eigenvalue weighted by Gasteiger charge is -2.34. The molecule has 0 saturated carbocycles. The van der Waals surface area contributed by atoms with Crippen molar-refractivity contribution >= 4 is 33.3 Å².